The molecule has 0 N–H and O–H groups in total. The Balaban J connectivity index is 2.01. The molecule has 2 rings (SSSR count). The standard InChI is InChI=1S/C14H24N2O3/c1-10(2)16-7-6-11(17)14(16)8-15(9-14)12(18)19-13(3,4)5/h10H,6-9H2,1-5H3. The van der Waals surface area contributed by atoms with E-state index in [1.807, 2.05) is 20.8 Å². The van der Waals surface area contributed by atoms with E-state index in [0.29, 0.717) is 25.6 Å². The Bertz CT molecular complexity index is 392. The van der Waals surface area contributed by atoms with Gasteiger partial charge in [-0.1, -0.05) is 0 Å². The normalized spacial score (nSPS) is 23.1. The van der Waals surface area contributed by atoms with Crippen molar-refractivity contribution in [3.8, 4) is 0 Å². The van der Waals surface area contributed by atoms with Gasteiger partial charge in [-0.15, -0.1) is 0 Å². The molecule has 2 saturated heterocycles. The first-order valence-electron chi connectivity index (χ1n) is 6.94. The molecule has 0 aromatic heterocycles. The van der Waals surface area contributed by atoms with Gasteiger partial charge in [-0.2, -0.15) is 0 Å². The lowest BCUT2D eigenvalue weighted by Crippen LogP contribution is -2.73. The van der Waals surface area contributed by atoms with Crippen LogP contribution in [0.25, 0.3) is 0 Å². The summed E-state index contributed by atoms with van der Waals surface area (Å²) in [6, 6.07) is 0.326. The van der Waals surface area contributed by atoms with Crippen LogP contribution >= 0.6 is 0 Å². The molecule has 2 aliphatic heterocycles. The predicted octanol–water partition coefficient (Wildman–Crippen LogP) is 1.66. The number of ether oxygens (including phenoxy) is 1. The molecule has 2 aliphatic rings. The van der Waals surface area contributed by atoms with E-state index in [9.17, 15) is 9.59 Å². The molecule has 0 bridgehead atoms. The molecule has 1 spiro atoms. The third kappa shape index (κ3) is 2.48. The summed E-state index contributed by atoms with van der Waals surface area (Å²) >= 11 is 0. The number of amides is 1. The molecule has 0 aromatic rings. The van der Waals surface area contributed by atoms with Crippen molar-refractivity contribution in [2.24, 2.45) is 0 Å². The zero-order chi connectivity index (χ0) is 14.4. The summed E-state index contributed by atoms with van der Waals surface area (Å²) in [4.78, 5) is 27.9. The third-order valence-electron chi connectivity index (χ3n) is 3.83. The lowest BCUT2D eigenvalue weighted by molar-refractivity contribution is -0.135. The van der Waals surface area contributed by atoms with Crippen LogP contribution in [0.4, 0.5) is 4.79 Å². The van der Waals surface area contributed by atoms with Crippen molar-refractivity contribution in [3.05, 3.63) is 0 Å². The van der Waals surface area contributed by atoms with Crippen molar-refractivity contribution in [2.75, 3.05) is 19.6 Å². The molecule has 0 aliphatic carbocycles. The van der Waals surface area contributed by atoms with Gasteiger partial charge < -0.3 is 9.64 Å². The molecule has 19 heavy (non-hydrogen) atoms. The number of hydrogen-bond acceptors (Lipinski definition) is 4. The van der Waals surface area contributed by atoms with Crippen LogP contribution in [0.2, 0.25) is 0 Å². The lowest BCUT2D eigenvalue weighted by Gasteiger charge is -2.52. The molecule has 108 valence electrons. The minimum atomic E-state index is -0.489. The van der Waals surface area contributed by atoms with Crippen LogP contribution in [0.3, 0.4) is 0 Å². The third-order valence-corrected chi connectivity index (χ3v) is 3.83. The number of rotatable bonds is 1. The molecule has 0 atom stereocenters. The van der Waals surface area contributed by atoms with Crippen LogP contribution in [0.1, 0.15) is 41.0 Å². The van der Waals surface area contributed by atoms with Crippen LogP contribution < -0.4 is 0 Å². The molecule has 1 amide bonds. The van der Waals surface area contributed by atoms with Gasteiger partial charge in [0, 0.05) is 19.0 Å². The van der Waals surface area contributed by atoms with Gasteiger partial charge in [0.2, 0.25) is 0 Å². The first-order valence-corrected chi connectivity index (χ1v) is 6.94. The van der Waals surface area contributed by atoms with Crippen LogP contribution in [0, 0.1) is 0 Å². The minimum absolute atomic E-state index is 0.265. The maximum absolute atomic E-state index is 12.1. The zero-order valence-electron chi connectivity index (χ0n) is 12.5. The number of Topliss-reactive ketones (excluding diaryl/α,β-unsaturated/α-hetero) is 1. The van der Waals surface area contributed by atoms with Crippen LogP contribution in [0.5, 0.6) is 0 Å². The van der Waals surface area contributed by atoms with Gasteiger partial charge in [0.25, 0.3) is 0 Å². The molecule has 2 fully saturated rings. The Kier molecular flexibility index (Phi) is 3.37. The number of carbonyl (C=O) groups is 2. The summed E-state index contributed by atoms with van der Waals surface area (Å²) in [5.41, 5.74) is -0.928. The summed E-state index contributed by atoms with van der Waals surface area (Å²) < 4.78 is 5.33. The lowest BCUT2D eigenvalue weighted by atomic mass is 9.85. The topological polar surface area (TPSA) is 49.9 Å². The summed E-state index contributed by atoms with van der Waals surface area (Å²) in [5, 5.41) is 0. The van der Waals surface area contributed by atoms with Crippen molar-refractivity contribution >= 4 is 11.9 Å². The van der Waals surface area contributed by atoms with Crippen molar-refractivity contribution in [1.29, 1.82) is 0 Å². The first kappa shape index (κ1) is 14.3. The van der Waals surface area contributed by atoms with E-state index in [-0.39, 0.29) is 11.9 Å². The summed E-state index contributed by atoms with van der Waals surface area (Å²) in [7, 11) is 0. The minimum Gasteiger partial charge on any atom is -0.444 e. The SMILES string of the molecule is CC(C)N1CCC(=O)C12CN(C(=O)OC(C)(C)C)C2. The van der Waals surface area contributed by atoms with Gasteiger partial charge in [-0.25, -0.2) is 4.79 Å². The summed E-state index contributed by atoms with van der Waals surface area (Å²) in [5.74, 6) is 0.265. The smallest absolute Gasteiger partial charge is 0.410 e. The molecular weight excluding hydrogens is 244 g/mol. The van der Waals surface area contributed by atoms with E-state index >= 15 is 0 Å². The molecule has 2 heterocycles. The monoisotopic (exact) mass is 268 g/mol. The molecule has 0 radical (unpaired) electrons. The fourth-order valence-electron chi connectivity index (χ4n) is 2.98. The Morgan fingerprint density at radius 3 is 2.37 bits per heavy atom. The van der Waals surface area contributed by atoms with E-state index in [2.05, 4.69) is 18.7 Å². The highest BCUT2D eigenvalue weighted by atomic mass is 16.6. The van der Waals surface area contributed by atoms with Gasteiger partial charge in [0.05, 0.1) is 13.1 Å². The van der Waals surface area contributed by atoms with Gasteiger partial charge in [-0.3, -0.25) is 9.69 Å². The van der Waals surface area contributed by atoms with E-state index in [1.165, 1.54) is 0 Å². The average Bonchev–Trinajstić information content (AvgIpc) is 2.50. The van der Waals surface area contributed by atoms with Crippen LogP contribution in [-0.2, 0) is 9.53 Å². The Morgan fingerprint density at radius 2 is 1.89 bits per heavy atom. The van der Waals surface area contributed by atoms with Crippen LogP contribution in [0.15, 0.2) is 0 Å². The maximum Gasteiger partial charge on any atom is 0.410 e. The van der Waals surface area contributed by atoms with Gasteiger partial charge in [-0.05, 0) is 34.6 Å². The van der Waals surface area contributed by atoms with E-state index in [4.69, 9.17) is 4.74 Å². The maximum atomic E-state index is 12.1. The van der Waals surface area contributed by atoms with Crippen molar-refractivity contribution < 1.29 is 14.3 Å². The van der Waals surface area contributed by atoms with E-state index in [0.717, 1.165) is 6.54 Å². The van der Waals surface area contributed by atoms with Gasteiger partial charge >= 0.3 is 6.09 Å². The molecule has 0 aromatic carbocycles. The van der Waals surface area contributed by atoms with E-state index < -0.39 is 11.1 Å². The molecule has 5 nitrogen and oxygen atoms in total. The summed E-state index contributed by atoms with van der Waals surface area (Å²) in [6.45, 7) is 11.5. The number of carbonyl (C=O) groups excluding carboxylic acids is 2. The fraction of sp³-hybridized carbons (Fsp3) is 0.857. The van der Waals surface area contributed by atoms with Crippen LogP contribution in [-0.4, -0.2) is 58.5 Å². The van der Waals surface area contributed by atoms with Crippen molar-refractivity contribution in [3.63, 3.8) is 0 Å². The summed E-state index contributed by atoms with van der Waals surface area (Å²) in [6.07, 6.45) is 0.280. The fourth-order valence-corrected chi connectivity index (χ4v) is 2.98. The Morgan fingerprint density at radius 1 is 1.32 bits per heavy atom. The predicted molar refractivity (Wildman–Crippen MR) is 72.0 cm³/mol. The highest BCUT2D eigenvalue weighted by Crippen LogP contribution is 2.37. The Labute approximate surface area is 114 Å². The highest BCUT2D eigenvalue weighted by Gasteiger charge is 2.58. The quantitative estimate of drug-likeness (QED) is 0.725. The zero-order valence-corrected chi connectivity index (χ0v) is 12.5. The second kappa shape index (κ2) is 4.47. The number of nitrogens with zero attached hydrogens (tertiary/aromatic N) is 2. The Hall–Kier alpha value is -1.10. The number of likely N-dealkylation sites (tertiary alicyclic amines) is 2. The average molecular weight is 268 g/mol. The second-order valence-corrected chi connectivity index (χ2v) is 6.83. The van der Waals surface area contributed by atoms with Crippen molar-refractivity contribution in [1.82, 2.24) is 9.80 Å². The van der Waals surface area contributed by atoms with Gasteiger partial charge in [0.15, 0.2) is 5.78 Å². The van der Waals surface area contributed by atoms with E-state index in [1.54, 1.807) is 4.90 Å². The molecular formula is C14H24N2O3. The molecule has 5 heteroatoms. The molecule has 0 saturated carbocycles. The molecule has 0 unspecified atom stereocenters. The number of ketones is 1. The highest BCUT2D eigenvalue weighted by molar-refractivity contribution is 5.94. The van der Waals surface area contributed by atoms with Gasteiger partial charge in [0.1, 0.15) is 11.1 Å². The first-order chi connectivity index (χ1) is 8.66. The van der Waals surface area contributed by atoms with Crippen molar-refractivity contribution in [2.45, 2.75) is 58.2 Å². The number of hydrogen-bond donors (Lipinski definition) is 0. The largest absolute Gasteiger partial charge is 0.444 e. The second-order valence-electron chi connectivity index (χ2n) is 6.83.